The molecule has 3 heterocycles. The van der Waals surface area contributed by atoms with Crippen molar-refractivity contribution in [3.63, 3.8) is 0 Å². The highest BCUT2D eigenvalue weighted by Gasteiger charge is 2.46. The predicted molar refractivity (Wildman–Crippen MR) is 89.4 cm³/mol. The van der Waals surface area contributed by atoms with Gasteiger partial charge in [0.05, 0.1) is 17.2 Å². The summed E-state index contributed by atoms with van der Waals surface area (Å²) in [6.45, 7) is 3.31. The fourth-order valence-corrected chi connectivity index (χ4v) is 3.70. The number of aromatic nitrogens is 2. The second kappa shape index (κ2) is 5.45. The van der Waals surface area contributed by atoms with E-state index in [4.69, 9.17) is 4.98 Å². The van der Waals surface area contributed by atoms with Crippen LogP contribution >= 0.6 is 0 Å². The Kier molecular flexibility index (Phi) is 3.41. The number of carbonyl (C=O) groups is 1. The van der Waals surface area contributed by atoms with Crippen LogP contribution in [0.5, 0.6) is 0 Å². The fraction of sp³-hybridized carbons (Fsp3) is 0.471. The summed E-state index contributed by atoms with van der Waals surface area (Å²) in [7, 11) is 2.06. The maximum atomic E-state index is 12.4. The topological polar surface area (TPSA) is 61.4 Å². The highest BCUT2D eigenvalue weighted by Crippen LogP contribution is 2.31. The molecule has 0 saturated carbocycles. The van der Waals surface area contributed by atoms with Gasteiger partial charge in [-0.2, -0.15) is 0 Å². The predicted octanol–water partition coefficient (Wildman–Crippen LogP) is 1.03. The van der Waals surface area contributed by atoms with Gasteiger partial charge in [0.15, 0.2) is 0 Å². The van der Waals surface area contributed by atoms with Crippen molar-refractivity contribution in [2.75, 3.05) is 38.1 Å². The lowest BCUT2D eigenvalue weighted by molar-refractivity contribution is -0.137. The summed E-state index contributed by atoms with van der Waals surface area (Å²) in [5.74, 6) is 1.08. The minimum atomic E-state index is -0.348. The summed E-state index contributed by atoms with van der Waals surface area (Å²) in [4.78, 5) is 26.1. The van der Waals surface area contributed by atoms with E-state index in [1.54, 1.807) is 0 Å². The van der Waals surface area contributed by atoms with Crippen molar-refractivity contribution in [1.82, 2.24) is 20.2 Å². The molecule has 4 rings (SSSR count). The average molecular weight is 311 g/mol. The van der Waals surface area contributed by atoms with Gasteiger partial charge in [0.2, 0.25) is 5.91 Å². The van der Waals surface area contributed by atoms with Crippen LogP contribution in [0.3, 0.4) is 0 Å². The molecular formula is C17H21N5O. The maximum absolute atomic E-state index is 12.4. The molecule has 2 fully saturated rings. The molecule has 0 atom stereocenters. The van der Waals surface area contributed by atoms with Gasteiger partial charge in [-0.1, -0.05) is 12.1 Å². The van der Waals surface area contributed by atoms with Crippen LogP contribution in [-0.2, 0) is 4.79 Å². The Morgan fingerprint density at radius 1 is 1.13 bits per heavy atom. The van der Waals surface area contributed by atoms with E-state index in [0.29, 0.717) is 0 Å². The Balaban J connectivity index is 1.55. The van der Waals surface area contributed by atoms with Crippen LogP contribution < -0.4 is 10.2 Å². The van der Waals surface area contributed by atoms with Gasteiger partial charge in [-0.05, 0) is 32.0 Å². The first-order valence-corrected chi connectivity index (χ1v) is 8.15. The molecule has 0 bridgehead atoms. The first kappa shape index (κ1) is 14.4. The lowest BCUT2D eigenvalue weighted by Crippen LogP contribution is -2.66. The number of fused-ring (bicyclic) bond motifs is 1. The maximum Gasteiger partial charge on any atom is 0.240 e. The summed E-state index contributed by atoms with van der Waals surface area (Å²) in [6.07, 6.45) is 3.48. The van der Waals surface area contributed by atoms with Gasteiger partial charge in [0, 0.05) is 26.2 Å². The average Bonchev–Trinajstić information content (AvgIpc) is 2.60. The number of piperazine rings is 1. The number of likely N-dealkylation sites (N-methyl/N-ethyl adjacent to an activating group) is 1. The van der Waals surface area contributed by atoms with Gasteiger partial charge in [0.25, 0.3) is 0 Å². The number of piperidine rings is 1. The number of amides is 1. The summed E-state index contributed by atoms with van der Waals surface area (Å²) < 4.78 is 0. The number of hydrogen-bond donors (Lipinski definition) is 1. The van der Waals surface area contributed by atoms with Gasteiger partial charge < -0.3 is 10.2 Å². The highest BCUT2D eigenvalue weighted by molar-refractivity contribution is 5.87. The van der Waals surface area contributed by atoms with E-state index in [1.807, 2.05) is 30.5 Å². The third-order valence-corrected chi connectivity index (χ3v) is 5.24. The lowest BCUT2D eigenvalue weighted by Gasteiger charge is -2.48. The Labute approximate surface area is 135 Å². The second-order valence-electron chi connectivity index (χ2n) is 6.41. The third-order valence-electron chi connectivity index (χ3n) is 5.24. The van der Waals surface area contributed by atoms with Gasteiger partial charge in [-0.25, -0.2) is 4.98 Å². The number of benzene rings is 1. The first-order chi connectivity index (χ1) is 11.2. The Hall–Kier alpha value is -2.21. The first-order valence-electron chi connectivity index (χ1n) is 8.15. The molecule has 1 amide bonds. The van der Waals surface area contributed by atoms with E-state index in [2.05, 4.69) is 27.1 Å². The zero-order chi connectivity index (χ0) is 15.9. The van der Waals surface area contributed by atoms with Crippen molar-refractivity contribution < 1.29 is 4.79 Å². The van der Waals surface area contributed by atoms with Crippen LogP contribution in [0, 0.1) is 0 Å². The van der Waals surface area contributed by atoms with Crippen molar-refractivity contribution in [3.8, 4) is 0 Å². The molecule has 1 N–H and O–H groups in total. The molecule has 6 nitrogen and oxygen atoms in total. The zero-order valence-electron chi connectivity index (χ0n) is 13.3. The van der Waals surface area contributed by atoms with Crippen LogP contribution in [0.1, 0.15) is 12.8 Å². The molecule has 2 saturated heterocycles. The standard InChI is InChI=1S/C17H21N5O/c1-21-11-8-18-16(23)17(21)6-9-22(10-7-17)15-12-19-13-4-2-3-5-14(13)20-15/h2-5,12H,6-11H2,1H3,(H,18,23). The third kappa shape index (κ3) is 2.34. The lowest BCUT2D eigenvalue weighted by atomic mass is 9.83. The van der Waals surface area contributed by atoms with Crippen molar-refractivity contribution in [3.05, 3.63) is 30.5 Å². The molecule has 23 heavy (non-hydrogen) atoms. The molecular weight excluding hydrogens is 290 g/mol. The second-order valence-corrected chi connectivity index (χ2v) is 6.41. The number of nitrogens with zero attached hydrogens (tertiary/aromatic N) is 4. The molecule has 120 valence electrons. The summed E-state index contributed by atoms with van der Waals surface area (Å²) in [6, 6.07) is 7.91. The molecule has 0 unspecified atom stereocenters. The van der Waals surface area contributed by atoms with Crippen molar-refractivity contribution in [2.24, 2.45) is 0 Å². The van der Waals surface area contributed by atoms with Gasteiger partial charge >= 0.3 is 0 Å². The van der Waals surface area contributed by atoms with Crippen LogP contribution in [-0.4, -0.2) is 59.5 Å². The Morgan fingerprint density at radius 3 is 2.61 bits per heavy atom. The highest BCUT2D eigenvalue weighted by atomic mass is 16.2. The van der Waals surface area contributed by atoms with Gasteiger partial charge in [-0.3, -0.25) is 14.7 Å². The minimum Gasteiger partial charge on any atom is -0.355 e. The number of para-hydroxylation sites is 2. The number of anilines is 1. The molecule has 0 radical (unpaired) electrons. The zero-order valence-corrected chi connectivity index (χ0v) is 13.3. The summed E-state index contributed by atoms with van der Waals surface area (Å²) in [5, 5.41) is 3.02. The summed E-state index contributed by atoms with van der Waals surface area (Å²) >= 11 is 0. The minimum absolute atomic E-state index is 0.176. The van der Waals surface area contributed by atoms with Crippen molar-refractivity contribution >= 4 is 22.8 Å². The Morgan fingerprint density at radius 2 is 1.87 bits per heavy atom. The molecule has 2 aliphatic rings. The van der Waals surface area contributed by atoms with Crippen LogP contribution in [0.25, 0.3) is 11.0 Å². The van der Waals surface area contributed by atoms with Crippen molar-refractivity contribution in [2.45, 2.75) is 18.4 Å². The summed E-state index contributed by atoms with van der Waals surface area (Å²) in [5.41, 5.74) is 1.48. The van der Waals surface area contributed by atoms with Gasteiger partial charge in [-0.15, -0.1) is 0 Å². The van der Waals surface area contributed by atoms with E-state index in [1.165, 1.54) is 0 Å². The molecule has 2 aliphatic heterocycles. The molecule has 2 aromatic rings. The molecule has 1 aromatic heterocycles. The quantitative estimate of drug-likeness (QED) is 0.852. The largest absolute Gasteiger partial charge is 0.355 e. The van der Waals surface area contributed by atoms with E-state index in [0.717, 1.165) is 55.9 Å². The fourth-order valence-electron chi connectivity index (χ4n) is 3.70. The monoisotopic (exact) mass is 311 g/mol. The van der Waals surface area contributed by atoms with Crippen LogP contribution in [0.15, 0.2) is 30.5 Å². The SMILES string of the molecule is CN1CCNC(=O)C12CCN(c1cnc3ccccc3n1)CC2. The molecule has 6 heteroatoms. The number of hydrogen-bond acceptors (Lipinski definition) is 5. The number of carbonyl (C=O) groups excluding carboxylic acids is 1. The van der Waals surface area contributed by atoms with Gasteiger partial charge in [0.1, 0.15) is 11.4 Å². The number of rotatable bonds is 1. The Bertz CT molecular complexity index is 739. The van der Waals surface area contributed by atoms with E-state index < -0.39 is 0 Å². The normalized spacial score (nSPS) is 21.6. The van der Waals surface area contributed by atoms with Crippen molar-refractivity contribution in [1.29, 1.82) is 0 Å². The van der Waals surface area contributed by atoms with E-state index in [-0.39, 0.29) is 11.4 Å². The van der Waals surface area contributed by atoms with Crippen LogP contribution in [0.2, 0.25) is 0 Å². The van der Waals surface area contributed by atoms with Crippen LogP contribution in [0.4, 0.5) is 5.82 Å². The molecule has 1 aromatic carbocycles. The smallest absolute Gasteiger partial charge is 0.240 e. The molecule has 0 aliphatic carbocycles. The van der Waals surface area contributed by atoms with E-state index in [9.17, 15) is 4.79 Å². The molecule has 1 spiro atoms. The number of nitrogens with one attached hydrogen (secondary N) is 1. The van der Waals surface area contributed by atoms with E-state index >= 15 is 0 Å².